The van der Waals surface area contributed by atoms with E-state index in [1.165, 1.54) is 6.07 Å². The van der Waals surface area contributed by atoms with Gasteiger partial charge in [0.2, 0.25) is 0 Å². The molecule has 0 saturated heterocycles. The number of allylic oxidation sites excluding steroid dienone is 3. The summed E-state index contributed by atoms with van der Waals surface area (Å²) in [6.07, 6.45) is 2.66. The number of aryl methyl sites for hydroxylation is 1. The molecular weight excluding hydrogens is 630 g/mol. The first-order chi connectivity index (χ1) is 21.9. The Bertz CT molecular complexity index is 1390. The highest BCUT2D eigenvalue weighted by molar-refractivity contribution is 7.41. The average molecular weight is 680 g/mol. The molecular formula is C36H49F3NO6P. The van der Waals surface area contributed by atoms with E-state index in [4.69, 9.17) is 32.8 Å². The predicted octanol–water partition coefficient (Wildman–Crippen LogP) is 10.5. The molecule has 0 aliphatic carbocycles. The van der Waals surface area contributed by atoms with Crippen LogP contribution in [0.15, 0.2) is 71.4 Å². The summed E-state index contributed by atoms with van der Waals surface area (Å²) in [7, 11) is -1.73. The summed E-state index contributed by atoms with van der Waals surface area (Å²) in [5, 5.41) is 0. The molecule has 0 fully saturated rings. The lowest BCUT2D eigenvalue weighted by molar-refractivity contribution is -0.139. The van der Waals surface area contributed by atoms with E-state index in [0.29, 0.717) is 41.4 Å². The summed E-state index contributed by atoms with van der Waals surface area (Å²) >= 11 is 0. The van der Waals surface area contributed by atoms with Crippen molar-refractivity contribution in [3.05, 3.63) is 83.1 Å². The van der Waals surface area contributed by atoms with Gasteiger partial charge in [-0.15, -0.1) is 0 Å². The highest BCUT2D eigenvalue weighted by Crippen LogP contribution is 2.48. The fourth-order valence-corrected chi connectivity index (χ4v) is 5.86. The molecule has 3 rings (SSSR count). The van der Waals surface area contributed by atoms with Crippen molar-refractivity contribution in [2.45, 2.75) is 111 Å². The number of rotatable bonds is 15. The van der Waals surface area contributed by atoms with Crippen molar-refractivity contribution in [1.29, 1.82) is 0 Å². The van der Waals surface area contributed by atoms with Crippen LogP contribution in [-0.4, -0.2) is 35.9 Å². The second kappa shape index (κ2) is 16.5. The lowest BCUT2D eigenvalue weighted by atomic mass is 9.93. The minimum atomic E-state index is -4.61. The summed E-state index contributed by atoms with van der Waals surface area (Å²) in [5.74, 6) is 1.50. The zero-order chi connectivity index (χ0) is 34.9. The van der Waals surface area contributed by atoms with Crippen LogP contribution in [0.2, 0.25) is 0 Å². The molecule has 7 nitrogen and oxygen atoms in total. The molecule has 1 heterocycles. The third kappa shape index (κ3) is 13.3. The maximum absolute atomic E-state index is 14.3. The van der Waals surface area contributed by atoms with Gasteiger partial charge in [0, 0.05) is 6.92 Å². The maximum atomic E-state index is 14.3. The van der Waals surface area contributed by atoms with Crippen LogP contribution in [0.25, 0.3) is 0 Å². The van der Waals surface area contributed by atoms with Gasteiger partial charge >= 0.3 is 14.8 Å². The topological polar surface area (TPSA) is 67.7 Å². The number of hydrogen-bond donors (Lipinski definition) is 0. The Kier molecular flexibility index (Phi) is 13.5. The zero-order valence-corrected chi connectivity index (χ0v) is 29.9. The molecule has 0 N–H and O–H groups in total. The molecule has 1 aliphatic heterocycles. The summed E-state index contributed by atoms with van der Waals surface area (Å²) in [6.45, 7) is 17.5. The van der Waals surface area contributed by atoms with E-state index in [1.54, 1.807) is 37.3 Å². The standard InChI is InChI=1S/C36H49F3NO6P/c1-10-12-15-29(11-2)44-30-16-13-14-28(21-30)23-41-32-18-17-27(22-31(32)36(37,38)39)19-20-35(24-42-26(3)40-35)25-43-47(45-33(4,5)6)46-34(7,8)9/h11-18,21-22H,10,19-20,23-25H2,1-9H3/b15-12-,29-11+. The number of hydrogen-bond acceptors (Lipinski definition) is 7. The summed E-state index contributed by atoms with van der Waals surface area (Å²) in [5.41, 5.74) is -1.48. The molecule has 2 aromatic rings. The van der Waals surface area contributed by atoms with Crippen molar-refractivity contribution in [2.75, 3.05) is 13.2 Å². The van der Waals surface area contributed by atoms with E-state index < -0.39 is 37.1 Å². The van der Waals surface area contributed by atoms with Crippen molar-refractivity contribution < 1.29 is 41.0 Å². The van der Waals surface area contributed by atoms with Crippen LogP contribution < -0.4 is 9.47 Å². The fraction of sp³-hybridized carbons (Fsp3) is 0.528. The number of halogens is 3. The normalized spacial score (nSPS) is 17.7. The van der Waals surface area contributed by atoms with Crippen LogP contribution in [0, 0.1) is 0 Å². The van der Waals surface area contributed by atoms with Gasteiger partial charge in [-0.1, -0.05) is 31.2 Å². The summed E-state index contributed by atoms with van der Waals surface area (Å²) in [6, 6.07) is 11.3. The highest BCUT2D eigenvalue weighted by atomic mass is 31.2. The average Bonchev–Trinajstić information content (AvgIpc) is 3.35. The summed E-state index contributed by atoms with van der Waals surface area (Å²) < 4.78 is 78.3. The quantitative estimate of drug-likeness (QED) is 0.106. The predicted molar refractivity (Wildman–Crippen MR) is 181 cm³/mol. The lowest BCUT2D eigenvalue weighted by Crippen LogP contribution is -2.35. The molecule has 2 aromatic carbocycles. The van der Waals surface area contributed by atoms with Gasteiger partial charge in [0.05, 0.1) is 23.4 Å². The molecule has 0 amide bonds. The van der Waals surface area contributed by atoms with Crippen molar-refractivity contribution >= 4 is 14.5 Å². The highest BCUT2D eigenvalue weighted by Gasteiger charge is 2.39. The molecule has 0 bridgehead atoms. The SMILES string of the molecule is C/C=C(\C=C/CC)Oc1cccc(COc2ccc(CCC3(COP(OC(C)(C)C)OC(C)(C)C)COC(C)=N3)cc2C(F)(F)F)c1. The molecule has 0 saturated carbocycles. The van der Waals surface area contributed by atoms with Gasteiger partial charge in [-0.25, -0.2) is 4.99 Å². The Morgan fingerprint density at radius 3 is 2.28 bits per heavy atom. The second-order valence-electron chi connectivity index (χ2n) is 13.4. The van der Waals surface area contributed by atoms with E-state index in [1.807, 2.05) is 73.6 Å². The van der Waals surface area contributed by atoms with E-state index in [0.717, 1.165) is 12.5 Å². The first-order valence-corrected chi connectivity index (χ1v) is 16.9. The van der Waals surface area contributed by atoms with Gasteiger partial charge in [0.25, 0.3) is 0 Å². The molecule has 1 unspecified atom stereocenters. The van der Waals surface area contributed by atoms with Crippen molar-refractivity contribution in [2.24, 2.45) is 4.99 Å². The molecule has 47 heavy (non-hydrogen) atoms. The van der Waals surface area contributed by atoms with E-state index in [-0.39, 0.29) is 25.6 Å². The number of ether oxygens (including phenoxy) is 3. The Labute approximate surface area is 279 Å². The van der Waals surface area contributed by atoms with Crippen molar-refractivity contribution in [3.63, 3.8) is 0 Å². The molecule has 0 spiro atoms. The van der Waals surface area contributed by atoms with Gasteiger partial charge < -0.3 is 27.8 Å². The van der Waals surface area contributed by atoms with Crippen LogP contribution in [-0.2, 0) is 37.5 Å². The minimum absolute atomic E-state index is 0.0579. The molecule has 0 aromatic heterocycles. The van der Waals surface area contributed by atoms with Crippen LogP contribution in [0.5, 0.6) is 11.5 Å². The number of alkyl halides is 3. The Morgan fingerprint density at radius 2 is 1.70 bits per heavy atom. The van der Waals surface area contributed by atoms with Gasteiger partial charge in [0.1, 0.15) is 36.0 Å². The van der Waals surface area contributed by atoms with Gasteiger partial charge in [-0.05, 0) is 115 Å². The third-order valence-electron chi connectivity index (χ3n) is 6.64. The van der Waals surface area contributed by atoms with Crippen LogP contribution in [0.4, 0.5) is 13.2 Å². The largest absolute Gasteiger partial charge is 0.488 e. The van der Waals surface area contributed by atoms with E-state index in [9.17, 15) is 13.2 Å². The smallest absolute Gasteiger partial charge is 0.419 e. The van der Waals surface area contributed by atoms with Crippen LogP contribution in [0.1, 0.15) is 91.8 Å². The first kappa shape index (κ1) is 38.5. The second-order valence-corrected chi connectivity index (χ2v) is 14.5. The molecule has 1 aliphatic rings. The van der Waals surface area contributed by atoms with Crippen molar-refractivity contribution in [1.82, 2.24) is 0 Å². The van der Waals surface area contributed by atoms with Gasteiger partial charge in [-0.3, -0.25) is 0 Å². The first-order valence-electron chi connectivity index (χ1n) is 15.8. The molecule has 1 atom stereocenters. The minimum Gasteiger partial charge on any atom is -0.488 e. The molecule has 260 valence electrons. The zero-order valence-electron chi connectivity index (χ0n) is 29.0. The van der Waals surface area contributed by atoms with Gasteiger partial charge in [-0.2, -0.15) is 13.2 Å². The monoisotopic (exact) mass is 679 g/mol. The number of aliphatic imine (C=N–C) groups is 1. The molecule has 11 heteroatoms. The number of benzene rings is 2. The fourth-order valence-electron chi connectivity index (χ4n) is 4.48. The van der Waals surface area contributed by atoms with Crippen LogP contribution in [0.3, 0.4) is 0 Å². The maximum Gasteiger partial charge on any atom is 0.419 e. The van der Waals surface area contributed by atoms with Gasteiger partial charge in [0.15, 0.2) is 5.90 Å². The Hall–Kier alpha value is -2.91. The van der Waals surface area contributed by atoms with Crippen molar-refractivity contribution in [3.8, 4) is 11.5 Å². The Balaban J connectivity index is 1.73. The van der Waals surface area contributed by atoms with E-state index in [2.05, 4.69) is 0 Å². The summed E-state index contributed by atoms with van der Waals surface area (Å²) in [4.78, 5) is 4.70. The third-order valence-corrected chi connectivity index (χ3v) is 8.37. The number of nitrogens with zero attached hydrogens (tertiary/aromatic N) is 1. The van der Waals surface area contributed by atoms with Crippen LogP contribution >= 0.6 is 8.60 Å². The lowest BCUT2D eigenvalue weighted by Gasteiger charge is -2.32. The Morgan fingerprint density at radius 1 is 1.00 bits per heavy atom. The van der Waals surface area contributed by atoms with E-state index >= 15 is 0 Å². The molecule has 0 radical (unpaired) electrons.